The second-order valence-electron chi connectivity index (χ2n) is 6.00. The standard InChI is InChI=1S/C19H24FN5.HI/c1-21-19(23-11-9-17-4-2-3-10-22-17)25-14-12-24(13-15-25)18-7-5-16(20)6-8-18;/h2-8,10H,9,11-15H2,1H3,(H,21,23);1H. The third-order valence-corrected chi connectivity index (χ3v) is 4.37. The predicted octanol–water partition coefficient (Wildman–Crippen LogP) is 2.78. The maximum Gasteiger partial charge on any atom is 0.193 e. The Balaban J connectivity index is 0.00000243. The van der Waals surface area contributed by atoms with Crippen LogP contribution in [0.15, 0.2) is 53.7 Å². The highest BCUT2D eigenvalue weighted by Crippen LogP contribution is 2.16. The molecule has 3 rings (SSSR count). The highest BCUT2D eigenvalue weighted by atomic mass is 127. The highest BCUT2D eigenvalue weighted by Gasteiger charge is 2.19. The lowest BCUT2D eigenvalue weighted by Crippen LogP contribution is -2.52. The average molecular weight is 469 g/mol. The Kier molecular flexibility index (Phi) is 8.08. The van der Waals surface area contributed by atoms with Gasteiger partial charge in [-0.2, -0.15) is 0 Å². The molecule has 1 saturated heterocycles. The van der Waals surface area contributed by atoms with E-state index in [-0.39, 0.29) is 29.8 Å². The van der Waals surface area contributed by atoms with E-state index in [0.29, 0.717) is 0 Å². The fourth-order valence-corrected chi connectivity index (χ4v) is 3.01. The van der Waals surface area contributed by atoms with Gasteiger partial charge >= 0.3 is 0 Å². The molecule has 0 amide bonds. The number of hydrogen-bond donors (Lipinski definition) is 1. The number of aliphatic imine (C=N–C) groups is 1. The fourth-order valence-electron chi connectivity index (χ4n) is 3.01. The molecule has 1 aliphatic rings. The summed E-state index contributed by atoms with van der Waals surface area (Å²) in [6.45, 7) is 4.38. The summed E-state index contributed by atoms with van der Waals surface area (Å²) >= 11 is 0. The number of aromatic nitrogens is 1. The van der Waals surface area contributed by atoms with E-state index < -0.39 is 0 Å². The first-order valence-electron chi connectivity index (χ1n) is 8.62. The molecule has 1 fully saturated rings. The zero-order chi connectivity index (χ0) is 17.5. The zero-order valence-corrected chi connectivity index (χ0v) is 17.3. The van der Waals surface area contributed by atoms with Gasteiger partial charge in [0.15, 0.2) is 5.96 Å². The van der Waals surface area contributed by atoms with Gasteiger partial charge in [0.25, 0.3) is 0 Å². The van der Waals surface area contributed by atoms with E-state index in [1.165, 1.54) is 12.1 Å². The normalized spacial score (nSPS) is 14.8. The number of guanidine groups is 1. The van der Waals surface area contributed by atoms with Crippen molar-refractivity contribution >= 4 is 35.6 Å². The summed E-state index contributed by atoms with van der Waals surface area (Å²) in [5, 5.41) is 3.42. The number of nitrogens with one attached hydrogen (secondary N) is 1. The molecule has 7 heteroatoms. The van der Waals surface area contributed by atoms with E-state index in [4.69, 9.17) is 0 Å². The maximum absolute atomic E-state index is 13.1. The minimum Gasteiger partial charge on any atom is -0.368 e. The Labute approximate surface area is 171 Å². The first kappa shape index (κ1) is 20.4. The van der Waals surface area contributed by atoms with Gasteiger partial charge in [-0.1, -0.05) is 6.07 Å². The van der Waals surface area contributed by atoms with Gasteiger partial charge in [-0.05, 0) is 36.4 Å². The topological polar surface area (TPSA) is 43.8 Å². The molecule has 1 aliphatic heterocycles. The van der Waals surface area contributed by atoms with Gasteiger partial charge in [-0.25, -0.2) is 4.39 Å². The Morgan fingerprint density at radius 3 is 2.46 bits per heavy atom. The number of hydrogen-bond acceptors (Lipinski definition) is 3. The molecule has 5 nitrogen and oxygen atoms in total. The van der Waals surface area contributed by atoms with Crippen molar-refractivity contribution in [2.24, 2.45) is 4.99 Å². The molecule has 0 spiro atoms. The molecular weight excluding hydrogens is 444 g/mol. The maximum atomic E-state index is 13.1. The average Bonchev–Trinajstić information content (AvgIpc) is 2.67. The third-order valence-electron chi connectivity index (χ3n) is 4.37. The van der Waals surface area contributed by atoms with Crippen LogP contribution in [0.2, 0.25) is 0 Å². The predicted molar refractivity (Wildman–Crippen MR) is 115 cm³/mol. The molecule has 1 aromatic heterocycles. The minimum absolute atomic E-state index is 0. The van der Waals surface area contributed by atoms with Crippen LogP contribution in [0.25, 0.3) is 0 Å². The number of anilines is 1. The molecule has 0 saturated carbocycles. The van der Waals surface area contributed by atoms with Crippen LogP contribution in [-0.4, -0.2) is 55.6 Å². The number of pyridine rings is 1. The van der Waals surface area contributed by atoms with Gasteiger partial charge in [0.1, 0.15) is 5.82 Å². The Hall–Kier alpha value is -1.90. The first-order valence-corrected chi connectivity index (χ1v) is 8.62. The molecular formula is C19H25FIN5. The highest BCUT2D eigenvalue weighted by molar-refractivity contribution is 14.0. The lowest BCUT2D eigenvalue weighted by molar-refractivity contribution is 0.373. The molecule has 26 heavy (non-hydrogen) atoms. The second kappa shape index (κ2) is 10.3. The van der Waals surface area contributed by atoms with E-state index >= 15 is 0 Å². The van der Waals surface area contributed by atoms with Crippen LogP contribution in [0.4, 0.5) is 10.1 Å². The molecule has 0 atom stereocenters. The van der Waals surface area contributed by atoms with Crippen molar-refractivity contribution < 1.29 is 4.39 Å². The van der Waals surface area contributed by atoms with Crippen LogP contribution >= 0.6 is 24.0 Å². The van der Waals surface area contributed by atoms with Gasteiger partial charge in [-0.15, -0.1) is 24.0 Å². The molecule has 2 heterocycles. The van der Waals surface area contributed by atoms with E-state index in [2.05, 4.69) is 25.1 Å². The largest absolute Gasteiger partial charge is 0.368 e. The Morgan fingerprint density at radius 1 is 1.12 bits per heavy atom. The van der Waals surface area contributed by atoms with Gasteiger partial charge in [0, 0.05) is 63.8 Å². The molecule has 2 aromatic rings. The van der Waals surface area contributed by atoms with Crippen molar-refractivity contribution in [2.75, 3.05) is 44.7 Å². The zero-order valence-electron chi connectivity index (χ0n) is 14.9. The second-order valence-corrected chi connectivity index (χ2v) is 6.00. The third kappa shape index (κ3) is 5.55. The quantitative estimate of drug-likeness (QED) is 0.425. The summed E-state index contributed by atoms with van der Waals surface area (Å²) in [6.07, 6.45) is 2.69. The summed E-state index contributed by atoms with van der Waals surface area (Å²) in [7, 11) is 1.81. The summed E-state index contributed by atoms with van der Waals surface area (Å²) in [5.41, 5.74) is 2.14. The summed E-state index contributed by atoms with van der Waals surface area (Å²) < 4.78 is 13.1. The van der Waals surface area contributed by atoms with Gasteiger partial charge in [0.05, 0.1) is 0 Å². The van der Waals surface area contributed by atoms with Gasteiger partial charge in [-0.3, -0.25) is 9.98 Å². The summed E-state index contributed by atoms with van der Waals surface area (Å²) in [5.74, 6) is 0.731. The van der Waals surface area contributed by atoms with Crippen molar-refractivity contribution in [3.05, 3.63) is 60.2 Å². The molecule has 1 aromatic carbocycles. The first-order chi connectivity index (χ1) is 12.3. The van der Waals surface area contributed by atoms with E-state index in [0.717, 1.165) is 56.5 Å². The van der Waals surface area contributed by atoms with E-state index in [1.54, 1.807) is 0 Å². The van der Waals surface area contributed by atoms with E-state index in [1.807, 2.05) is 43.6 Å². The van der Waals surface area contributed by atoms with Crippen LogP contribution in [0.3, 0.4) is 0 Å². The number of nitrogens with zero attached hydrogens (tertiary/aromatic N) is 4. The molecule has 140 valence electrons. The lowest BCUT2D eigenvalue weighted by atomic mass is 10.2. The SMILES string of the molecule is CN=C(NCCc1ccccn1)N1CCN(c2ccc(F)cc2)CC1.I. The van der Waals surface area contributed by atoms with Crippen molar-refractivity contribution in [3.8, 4) is 0 Å². The number of piperazine rings is 1. The van der Waals surface area contributed by atoms with Crippen molar-refractivity contribution in [2.45, 2.75) is 6.42 Å². The van der Waals surface area contributed by atoms with Crippen LogP contribution in [0.5, 0.6) is 0 Å². The molecule has 0 aliphatic carbocycles. The van der Waals surface area contributed by atoms with E-state index in [9.17, 15) is 4.39 Å². The number of rotatable bonds is 4. The van der Waals surface area contributed by atoms with Crippen LogP contribution in [-0.2, 0) is 6.42 Å². The fraction of sp³-hybridized carbons (Fsp3) is 0.368. The molecule has 0 unspecified atom stereocenters. The summed E-state index contributed by atoms with van der Waals surface area (Å²) in [6, 6.07) is 12.7. The number of benzene rings is 1. The van der Waals surface area contributed by atoms with Crippen molar-refractivity contribution in [3.63, 3.8) is 0 Å². The van der Waals surface area contributed by atoms with Crippen LogP contribution in [0, 0.1) is 5.82 Å². The van der Waals surface area contributed by atoms with Crippen LogP contribution in [0.1, 0.15) is 5.69 Å². The summed E-state index contributed by atoms with van der Waals surface area (Å²) in [4.78, 5) is 13.3. The monoisotopic (exact) mass is 469 g/mol. The van der Waals surface area contributed by atoms with Gasteiger partial charge < -0.3 is 15.1 Å². The molecule has 0 bridgehead atoms. The van der Waals surface area contributed by atoms with Gasteiger partial charge in [0.2, 0.25) is 0 Å². The minimum atomic E-state index is -0.195. The van der Waals surface area contributed by atoms with Crippen molar-refractivity contribution in [1.82, 2.24) is 15.2 Å². The Morgan fingerprint density at radius 2 is 1.85 bits per heavy atom. The smallest absolute Gasteiger partial charge is 0.193 e. The number of halogens is 2. The van der Waals surface area contributed by atoms with Crippen molar-refractivity contribution in [1.29, 1.82) is 0 Å². The molecule has 1 N–H and O–H groups in total. The lowest BCUT2D eigenvalue weighted by Gasteiger charge is -2.37. The Bertz CT molecular complexity index is 685. The van der Waals surface area contributed by atoms with Crippen LogP contribution < -0.4 is 10.2 Å². The molecule has 0 radical (unpaired) electrons.